The highest BCUT2D eigenvalue weighted by Gasteiger charge is 2.39. The molecule has 0 unspecified atom stereocenters. The Hall–Kier alpha value is -3.52. The second kappa shape index (κ2) is 13.4. The molecule has 0 radical (unpaired) electrons. The van der Waals surface area contributed by atoms with Crippen LogP contribution in [-0.4, -0.2) is 61.4 Å². The van der Waals surface area contributed by atoms with E-state index in [-0.39, 0.29) is 30.8 Å². The molecule has 1 saturated heterocycles. The van der Waals surface area contributed by atoms with Crippen molar-refractivity contribution in [3.8, 4) is 28.1 Å². The van der Waals surface area contributed by atoms with Crippen LogP contribution in [0.1, 0.15) is 63.5 Å². The summed E-state index contributed by atoms with van der Waals surface area (Å²) in [5, 5.41) is 13.4. The molecule has 2 aliphatic rings. The van der Waals surface area contributed by atoms with E-state index in [4.69, 9.17) is 20.2 Å². The van der Waals surface area contributed by atoms with E-state index in [0.29, 0.717) is 25.8 Å². The Morgan fingerprint density at radius 3 is 2.71 bits per heavy atom. The lowest BCUT2D eigenvalue weighted by molar-refractivity contribution is -0.155. The molecule has 2 aromatic carbocycles. The molecule has 10 nitrogen and oxygen atoms in total. The molecule has 6 rings (SSSR count). The van der Waals surface area contributed by atoms with E-state index in [1.807, 2.05) is 41.6 Å². The Bertz CT molecular complexity index is 1870. The normalized spacial score (nSPS) is 22.3. The predicted octanol–water partition coefficient (Wildman–Crippen LogP) is 6.06. The highest BCUT2D eigenvalue weighted by Crippen LogP contribution is 2.42. The number of nitrogens with zero attached hydrogens (tertiary/aromatic N) is 3. The van der Waals surface area contributed by atoms with Gasteiger partial charge in [-0.15, -0.1) is 0 Å². The van der Waals surface area contributed by atoms with E-state index >= 15 is 0 Å². The zero-order valence-corrected chi connectivity index (χ0v) is 30.3. The number of halogens is 1. The quantitative estimate of drug-likeness (QED) is 0.0991. The van der Waals surface area contributed by atoms with E-state index < -0.39 is 21.0 Å². The number of hydrogen-bond acceptors (Lipinski definition) is 8. The lowest BCUT2D eigenvalue weighted by Crippen LogP contribution is -2.62. The van der Waals surface area contributed by atoms with Crippen LogP contribution in [-0.2, 0) is 38.4 Å². The molecule has 4 N–H and O–H groups in total. The Kier molecular flexibility index (Phi) is 9.60. The number of carbonyl (C=O) groups excluding carboxylic acids is 2. The predicted molar refractivity (Wildman–Crippen MR) is 194 cm³/mol. The topological polar surface area (TPSA) is 132 Å². The fourth-order valence-corrected chi connectivity index (χ4v) is 7.74. The van der Waals surface area contributed by atoms with Gasteiger partial charge < -0.3 is 24.9 Å². The van der Waals surface area contributed by atoms with Crippen molar-refractivity contribution in [1.29, 1.82) is 0 Å². The third-order valence-corrected chi connectivity index (χ3v) is 10.3. The number of aromatic hydroxyl groups is 1. The molecule has 1 amide bonds. The second-order valence-corrected chi connectivity index (χ2v) is 15.7. The molecule has 3 atom stereocenters. The number of phenols is 1. The van der Waals surface area contributed by atoms with Crippen LogP contribution in [0.3, 0.4) is 0 Å². The molecule has 1 fully saturated rings. The van der Waals surface area contributed by atoms with E-state index in [1.54, 1.807) is 25.4 Å². The molecule has 6 bridgehead atoms. The van der Waals surface area contributed by atoms with Gasteiger partial charge in [0.05, 0.1) is 24.1 Å². The summed E-state index contributed by atoms with van der Waals surface area (Å²) in [5.41, 5.74) is 16.9. The summed E-state index contributed by atoms with van der Waals surface area (Å²) in [5.74, 6) is -0.626. The second-order valence-electron chi connectivity index (χ2n) is 13.8. The number of ether oxygens (including phenoxy) is 2. The summed E-state index contributed by atoms with van der Waals surface area (Å²) in [6.07, 6.45) is 3.54. The lowest BCUT2D eigenvalue weighted by atomic mass is 9.84. The third-order valence-electron chi connectivity index (χ3n) is 9.42. The minimum absolute atomic E-state index is 0.0947. The van der Waals surface area contributed by atoms with Crippen LogP contribution in [0.5, 0.6) is 5.75 Å². The number of rotatable bonds is 4. The number of amides is 1. The number of aromatic nitrogens is 2. The summed E-state index contributed by atoms with van der Waals surface area (Å²) in [4.78, 5) is 31.9. The molecule has 2 aromatic heterocycles. The Morgan fingerprint density at radius 1 is 1.17 bits per heavy atom. The SMILES string of the molecule is CCn1c(-c2cccnc2[C@H](C)OC)c2c3cc(ccc31)-c1cc(O)cc(c1)C[C@](N)(I)C(=O)N1CCC[C@H](N1)C(=O)OCC(C)(C)C2. The third kappa shape index (κ3) is 6.70. The first-order valence-electron chi connectivity index (χ1n) is 16.5. The van der Waals surface area contributed by atoms with Crippen LogP contribution in [0.15, 0.2) is 54.7 Å². The first kappa shape index (κ1) is 34.3. The highest BCUT2D eigenvalue weighted by atomic mass is 127. The van der Waals surface area contributed by atoms with Crippen LogP contribution in [0.2, 0.25) is 0 Å². The Balaban J connectivity index is 1.58. The van der Waals surface area contributed by atoms with Gasteiger partial charge in [-0.2, -0.15) is 0 Å². The maximum absolute atomic E-state index is 13.7. The van der Waals surface area contributed by atoms with Crippen LogP contribution in [0.4, 0.5) is 0 Å². The standard InChI is InChI=1S/C37H44IN5O5/c1-6-42-31-12-11-24-18-28(31)29(33(42)27-9-7-13-40-32(27)22(2)47-5)20-36(3,4)21-48-34(45)30-10-8-14-43(41-30)35(46)37(38,39)19-23-15-25(24)17-26(44)16-23/h7,9,11-13,15-18,22,30,41,44H,6,8,10,14,19-21,39H2,1-5H3/t22-,30-,37+/m0/s1. The molecule has 254 valence electrons. The number of hydrazine groups is 1. The monoisotopic (exact) mass is 765 g/mol. The number of nitrogens with one attached hydrogen (secondary N) is 1. The molecule has 0 aliphatic carbocycles. The number of benzene rings is 2. The first-order chi connectivity index (χ1) is 22.8. The number of nitrogens with two attached hydrogens (primary N) is 1. The van der Waals surface area contributed by atoms with Gasteiger partial charge in [0.25, 0.3) is 5.91 Å². The summed E-state index contributed by atoms with van der Waals surface area (Å²) in [6, 6.07) is 15.1. The van der Waals surface area contributed by atoms with Crippen molar-refractivity contribution in [3.63, 3.8) is 0 Å². The minimum atomic E-state index is -1.32. The van der Waals surface area contributed by atoms with E-state index in [9.17, 15) is 14.7 Å². The van der Waals surface area contributed by atoms with Crippen molar-refractivity contribution >= 4 is 45.4 Å². The number of fused-ring (bicyclic) bond motifs is 6. The van der Waals surface area contributed by atoms with Gasteiger partial charge in [0.2, 0.25) is 0 Å². The number of esters is 1. The number of hydrogen-bond donors (Lipinski definition) is 3. The minimum Gasteiger partial charge on any atom is -0.508 e. The van der Waals surface area contributed by atoms with E-state index in [2.05, 4.69) is 55.0 Å². The molecule has 0 saturated carbocycles. The fourth-order valence-electron chi connectivity index (χ4n) is 7.01. The number of pyridine rings is 1. The Morgan fingerprint density at radius 2 is 1.96 bits per heavy atom. The van der Waals surface area contributed by atoms with Crippen molar-refractivity contribution in [2.45, 2.75) is 75.6 Å². The van der Waals surface area contributed by atoms with Crippen LogP contribution >= 0.6 is 22.6 Å². The average molecular weight is 766 g/mol. The summed E-state index contributed by atoms with van der Waals surface area (Å²) in [7, 11) is 1.69. The van der Waals surface area contributed by atoms with Crippen molar-refractivity contribution < 1.29 is 24.2 Å². The van der Waals surface area contributed by atoms with Gasteiger partial charge in [0, 0.05) is 54.7 Å². The zero-order chi connectivity index (χ0) is 34.4. The van der Waals surface area contributed by atoms with Crippen molar-refractivity contribution in [3.05, 3.63) is 71.5 Å². The smallest absolute Gasteiger partial charge is 0.324 e. The lowest BCUT2D eigenvalue weighted by Gasteiger charge is -2.37. The molecular formula is C37H44IN5O5. The number of cyclic esters (lactones) is 1. The van der Waals surface area contributed by atoms with Crippen LogP contribution in [0, 0.1) is 5.41 Å². The molecule has 4 aromatic rings. The summed E-state index contributed by atoms with van der Waals surface area (Å²) < 4.78 is 12.8. The number of methoxy groups -OCH3 is 1. The van der Waals surface area contributed by atoms with Gasteiger partial charge in [0.1, 0.15) is 11.8 Å². The molecule has 4 heterocycles. The van der Waals surface area contributed by atoms with Crippen molar-refractivity contribution in [2.75, 3.05) is 20.3 Å². The van der Waals surface area contributed by atoms with Crippen LogP contribution in [0.25, 0.3) is 33.3 Å². The van der Waals surface area contributed by atoms with E-state index in [1.165, 1.54) is 5.01 Å². The fraction of sp³-hybridized carbons (Fsp3) is 0.432. The number of phenolic OH excluding ortho intramolecular Hbond substituents is 1. The maximum Gasteiger partial charge on any atom is 0.324 e. The van der Waals surface area contributed by atoms with Gasteiger partial charge in [-0.1, -0.05) is 48.6 Å². The van der Waals surface area contributed by atoms with Gasteiger partial charge in [-0.3, -0.25) is 19.6 Å². The number of aryl methyl sites for hydroxylation is 1. The van der Waals surface area contributed by atoms with E-state index in [0.717, 1.165) is 56.7 Å². The zero-order valence-electron chi connectivity index (χ0n) is 28.2. The van der Waals surface area contributed by atoms with Gasteiger partial charge >= 0.3 is 5.97 Å². The molecular weight excluding hydrogens is 721 g/mol. The van der Waals surface area contributed by atoms with Crippen molar-refractivity contribution in [2.24, 2.45) is 11.1 Å². The molecule has 11 heteroatoms. The maximum atomic E-state index is 13.7. The summed E-state index contributed by atoms with van der Waals surface area (Å²) >= 11 is 1.97. The first-order valence-corrected chi connectivity index (χ1v) is 17.6. The molecule has 0 spiro atoms. The highest BCUT2D eigenvalue weighted by molar-refractivity contribution is 14.1. The summed E-state index contributed by atoms with van der Waals surface area (Å²) in [6.45, 7) is 9.68. The van der Waals surface area contributed by atoms with Gasteiger partial charge in [-0.05, 0) is 91.8 Å². The number of carbonyl (C=O) groups is 2. The van der Waals surface area contributed by atoms with Crippen LogP contribution < -0.4 is 11.2 Å². The Labute approximate surface area is 295 Å². The number of alkyl halides is 1. The van der Waals surface area contributed by atoms with Crippen molar-refractivity contribution in [1.82, 2.24) is 20.0 Å². The van der Waals surface area contributed by atoms with Gasteiger partial charge in [-0.25, -0.2) is 5.43 Å². The molecule has 2 aliphatic heterocycles. The molecule has 48 heavy (non-hydrogen) atoms. The average Bonchev–Trinajstić information content (AvgIpc) is 3.37. The largest absolute Gasteiger partial charge is 0.508 e. The van der Waals surface area contributed by atoms with Gasteiger partial charge in [0.15, 0.2) is 3.55 Å².